The van der Waals surface area contributed by atoms with Gasteiger partial charge in [0.15, 0.2) is 0 Å². The lowest BCUT2D eigenvalue weighted by molar-refractivity contribution is -0.137. The number of β-amino-alcohol motifs (C(OH)–C–C–N with tert-alkyl or cyclic N) is 1. The van der Waals surface area contributed by atoms with E-state index in [2.05, 4.69) is 10.3 Å². The third-order valence-corrected chi connectivity index (χ3v) is 4.35. The SMILES string of the molecule is O=C(C1CCC1)N1C[C@@H](O)[C@H](NCc2cccnc2)C1. The molecule has 108 valence electrons. The molecular weight excluding hydrogens is 254 g/mol. The number of hydrogen-bond donors (Lipinski definition) is 2. The van der Waals surface area contributed by atoms with Gasteiger partial charge in [0, 0.05) is 37.9 Å². The summed E-state index contributed by atoms with van der Waals surface area (Å²) in [6, 6.07) is 3.85. The molecule has 0 spiro atoms. The van der Waals surface area contributed by atoms with Crippen molar-refractivity contribution in [1.82, 2.24) is 15.2 Å². The Morgan fingerprint density at radius 3 is 2.95 bits per heavy atom. The van der Waals surface area contributed by atoms with Gasteiger partial charge in [0.25, 0.3) is 0 Å². The van der Waals surface area contributed by atoms with Gasteiger partial charge in [-0.1, -0.05) is 12.5 Å². The molecule has 0 bridgehead atoms. The molecule has 1 aliphatic heterocycles. The van der Waals surface area contributed by atoms with Gasteiger partial charge in [0.2, 0.25) is 5.91 Å². The van der Waals surface area contributed by atoms with Gasteiger partial charge in [-0.15, -0.1) is 0 Å². The van der Waals surface area contributed by atoms with Gasteiger partial charge in [-0.05, 0) is 24.5 Å². The highest BCUT2D eigenvalue weighted by Crippen LogP contribution is 2.29. The molecule has 2 atom stereocenters. The van der Waals surface area contributed by atoms with Crippen LogP contribution in [-0.4, -0.2) is 46.1 Å². The summed E-state index contributed by atoms with van der Waals surface area (Å²) in [7, 11) is 0. The molecule has 1 aromatic rings. The molecule has 2 heterocycles. The van der Waals surface area contributed by atoms with Crippen molar-refractivity contribution < 1.29 is 9.90 Å². The third kappa shape index (κ3) is 2.83. The number of aliphatic hydroxyl groups is 1. The highest BCUT2D eigenvalue weighted by Gasteiger charge is 2.37. The van der Waals surface area contributed by atoms with Crippen molar-refractivity contribution in [3.63, 3.8) is 0 Å². The van der Waals surface area contributed by atoms with Gasteiger partial charge in [-0.2, -0.15) is 0 Å². The Kier molecular flexibility index (Phi) is 3.98. The van der Waals surface area contributed by atoms with Crippen molar-refractivity contribution in [2.45, 2.75) is 38.0 Å². The maximum absolute atomic E-state index is 12.2. The molecule has 1 saturated heterocycles. The Balaban J connectivity index is 1.51. The summed E-state index contributed by atoms with van der Waals surface area (Å²) in [6.45, 7) is 1.73. The molecule has 2 aliphatic rings. The second-order valence-corrected chi connectivity index (χ2v) is 5.79. The standard InChI is InChI=1S/C15H21N3O2/c19-14-10-18(15(20)12-4-1-5-12)9-13(14)17-8-11-3-2-6-16-7-11/h2-3,6-7,12-14,17,19H,1,4-5,8-10H2/t13-,14-/m1/s1. The zero-order valence-electron chi connectivity index (χ0n) is 11.5. The maximum atomic E-state index is 12.2. The van der Waals surface area contributed by atoms with E-state index in [1.54, 1.807) is 6.20 Å². The van der Waals surface area contributed by atoms with Crippen molar-refractivity contribution in [2.75, 3.05) is 13.1 Å². The number of carbonyl (C=O) groups excluding carboxylic acids is 1. The predicted molar refractivity (Wildman–Crippen MR) is 74.8 cm³/mol. The predicted octanol–water partition coefficient (Wildman–Crippen LogP) is 0.543. The van der Waals surface area contributed by atoms with Crippen molar-refractivity contribution in [2.24, 2.45) is 5.92 Å². The van der Waals surface area contributed by atoms with Gasteiger partial charge in [-0.3, -0.25) is 9.78 Å². The van der Waals surface area contributed by atoms with E-state index in [-0.39, 0.29) is 17.9 Å². The largest absolute Gasteiger partial charge is 0.390 e. The van der Waals surface area contributed by atoms with Crippen molar-refractivity contribution in [3.05, 3.63) is 30.1 Å². The Morgan fingerprint density at radius 2 is 2.30 bits per heavy atom. The summed E-state index contributed by atoms with van der Waals surface area (Å²) >= 11 is 0. The first kappa shape index (κ1) is 13.5. The number of pyridine rings is 1. The fraction of sp³-hybridized carbons (Fsp3) is 0.600. The summed E-state index contributed by atoms with van der Waals surface area (Å²) < 4.78 is 0. The number of likely N-dealkylation sites (tertiary alicyclic amines) is 1. The van der Waals surface area contributed by atoms with Gasteiger partial charge >= 0.3 is 0 Å². The minimum Gasteiger partial charge on any atom is -0.390 e. The molecule has 2 fully saturated rings. The van der Waals surface area contributed by atoms with Gasteiger partial charge in [-0.25, -0.2) is 0 Å². The van der Waals surface area contributed by atoms with Crippen molar-refractivity contribution in [3.8, 4) is 0 Å². The quantitative estimate of drug-likeness (QED) is 0.842. The molecule has 5 heteroatoms. The summed E-state index contributed by atoms with van der Waals surface area (Å²) in [4.78, 5) is 18.1. The van der Waals surface area contributed by atoms with Crippen LogP contribution in [0.2, 0.25) is 0 Å². The van der Waals surface area contributed by atoms with Crippen LogP contribution in [0.25, 0.3) is 0 Å². The summed E-state index contributed by atoms with van der Waals surface area (Å²) in [5, 5.41) is 13.4. The first-order chi connectivity index (χ1) is 9.74. The number of rotatable bonds is 4. The van der Waals surface area contributed by atoms with Gasteiger partial charge in [0.05, 0.1) is 12.1 Å². The second kappa shape index (κ2) is 5.89. The minimum absolute atomic E-state index is 0.0424. The molecule has 0 aromatic carbocycles. The van der Waals surface area contributed by atoms with Gasteiger partial charge in [0.1, 0.15) is 0 Å². The Labute approximate surface area is 119 Å². The lowest BCUT2D eigenvalue weighted by Gasteiger charge is -2.29. The van der Waals surface area contributed by atoms with E-state index in [1.807, 2.05) is 23.2 Å². The number of nitrogens with zero attached hydrogens (tertiary/aromatic N) is 2. The number of nitrogens with one attached hydrogen (secondary N) is 1. The smallest absolute Gasteiger partial charge is 0.225 e. The lowest BCUT2D eigenvalue weighted by atomic mass is 9.84. The first-order valence-corrected chi connectivity index (χ1v) is 7.33. The average Bonchev–Trinajstić information content (AvgIpc) is 2.77. The van der Waals surface area contributed by atoms with Crippen LogP contribution in [-0.2, 0) is 11.3 Å². The van der Waals surface area contributed by atoms with E-state index in [4.69, 9.17) is 0 Å². The number of carbonyl (C=O) groups is 1. The molecule has 1 aromatic heterocycles. The molecule has 1 aliphatic carbocycles. The normalized spacial score (nSPS) is 26.6. The molecule has 1 amide bonds. The van der Waals surface area contributed by atoms with Crippen LogP contribution in [0.3, 0.4) is 0 Å². The molecule has 0 unspecified atom stereocenters. The summed E-state index contributed by atoms with van der Waals surface area (Å²) in [5.41, 5.74) is 1.09. The van der Waals surface area contributed by atoms with Gasteiger partial charge < -0.3 is 15.3 Å². The Bertz CT molecular complexity index is 461. The van der Waals surface area contributed by atoms with Crippen LogP contribution in [0.15, 0.2) is 24.5 Å². The highest BCUT2D eigenvalue weighted by atomic mass is 16.3. The van der Waals surface area contributed by atoms with E-state index in [9.17, 15) is 9.90 Å². The first-order valence-electron chi connectivity index (χ1n) is 7.33. The highest BCUT2D eigenvalue weighted by molar-refractivity contribution is 5.80. The molecular formula is C15H21N3O2. The van der Waals surface area contributed by atoms with E-state index in [0.717, 1.165) is 24.8 Å². The van der Waals surface area contributed by atoms with Crippen molar-refractivity contribution >= 4 is 5.91 Å². The summed E-state index contributed by atoms with van der Waals surface area (Å²) in [6.07, 6.45) is 6.27. The number of amides is 1. The van der Waals surface area contributed by atoms with E-state index in [1.165, 1.54) is 0 Å². The molecule has 2 N–H and O–H groups in total. The average molecular weight is 275 g/mol. The van der Waals surface area contributed by atoms with Crippen LogP contribution >= 0.6 is 0 Å². The second-order valence-electron chi connectivity index (χ2n) is 5.79. The molecule has 1 saturated carbocycles. The Hall–Kier alpha value is -1.46. The van der Waals surface area contributed by atoms with Crippen LogP contribution in [0.5, 0.6) is 0 Å². The number of hydrogen-bond acceptors (Lipinski definition) is 4. The van der Waals surface area contributed by atoms with Crippen LogP contribution < -0.4 is 5.32 Å². The topological polar surface area (TPSA) is 65.5 Å². The third-order valence-electron chi connectivity index (χ3n) is 4.35. The fourth-order valence-electron chi connectivity index (χ4n) is 2.83. The van der Waals surface area contributed by atoms with Crippen molar-refractivity contribution in [1.29, 1.82) is 0 Å². The number of aromatic nitrogens is 1. The minimum atomic E-state index is -0.476. The van der Waals surface area contributed by atoms with E-state index in [0.29, 0.717) is 19.6 Å². The molecule has 3 rings (SSSR count). The zero-order chi connectivity index (χ0) is 13.9. The fourth-order valence-corrected chi connectivity index (χ4v) is 2.83. The zero-order valence-corrected chi connectivity index (χ0v) is 11.5. The maximum Gasteiger partial charge on any atom is 0.225 e. The molecule has 5 nitrogen and oxygen atoms in total. The lowest BCUT2D eigenvalue weighted by Crippen LogP contribution is -2.40. The Morgan fingerprint density at radius 1 is 1.45 bits per heavy atom. The van der Waals surface area contributed by atoms with E-state index < -0.39 is 6.10 Å². The monoisotopic (exact) mass is 275 g/mol. The van der Waals surface area contributed by atoms with Crippen LogP contribution in [0.1, 0.15) is 24.8 Å². The molecule has 0 radical (unpaired) electrons. The van der Waals surface area contributed by atoms with Crippen LogP contribution in [0, 0.1) is 5.92 Å². The summed E-state index contributed by atoms with van der Waals surface area (Å²) in [5.74, 6) is 0.431. The van der Waals surface area contributed by atoms with E-state index >= 15 is 0 Å². The molecule has 20 heavy (non-hydrogen) atoms. The number of aliphatic hydroxyl groups excluding tert-OH is 1. The van der Waals surface area contributed by atoms with Crippen LogP contribution in [0.4, 0.5) is 0 Å².